The molecule has 1 saturated heterocycles. The Kier molecular flexibility index (Phi) is 5.61. The molecule has 1 aliphatic heterocycles. The molecular weight excluding hydrogens is 438 g/mol. The normalized spacial score (nSPS) is 17.2. The van der Waals surface area contributed by atoms with Gasteiger partial charge in [-0.3, -0.25) is 14.5 Å². The molecule has 1 amide bonds. The zero-order chi connectivity index (χ0) is 24.7. The third-order valence-electron chi connectivity index (χ3n) is 6.49. The maximum absolute atomic E-state index is 13.4. The summed E-state index contributed by atoms with van der Waals surface area (Å²) < 4.78 is 5.41. The SMILES string of the molecule is COc1cccc(C2/C(=C(/O)c3ccc4ccccc4c3)C(=O)C(=O)N2c2ccc(C)cc2C)c1. The van der Waals surface area contributed by atoms with Crippen LogP contribution in [0, 0.1) is 13.8 Å². The van der Waals surface area contributed by atoms with Crippen LogP contribution in [-0.2, 0) is 9.59 Å². The van der Waals surface area contributed by atoms with Crippen molar-refractivity contribution >= 4 is 33.9 Å². The van der Waals surface area contributed by atoms with Crippen LogP contribution in [-0.4, -0.2) is 23.9 Å². The molecule has 0 saturated carbocycles. The zero-order valence-electron chi connectivity index (χ0n) is 19.8. The lowest BCUT2D eigenvalue weighted by Crippen LogP contribution is -2.30. The van der Waals surface area contributed by atoms with Gasteiger partial charge in [-0.2, -0.15) is 0 Å². The van der Waals surface area contributed by atoms with Gasteiger partial charge in [-0.1, -0.05) is 66.2 Å². The molecule has 1 atom stereocenters. The molecule has 35 heavy (non-hydrogen) atoms. The van der Waals surface area contributed by atoms with Gasteiger partial charge in [0.25, 0.3) is 11.7 Å². The van der Waals surface area contributed by atoms with Crippen molar-refractivity contribution < 1.29 is 19.4 Å². The van der Waals surface area contributed by atoms with Crippen LogP contribution >= 0.6 is 0 Å². The number of amides is 1. The van der Waals surface area contributed by atoms with E-state index in [-0.39, 0.29) is 11.3 Å². The number of nitrogens with zero attached hydrogens (tertiary/aromatic N) is 1. The number of carbonyl (C=O) groups excluding carboxylic acids is 2. The second-order valence-electron chi connectivity index (χ2n) is 8.80. The van der Waals surface area contributed by atoms with Gasteiger partial charge in [0.2, 0.25) is 0 Å². The number of aryl methyl sites for hydroxylation is 2. The van der Waals surface area contributed by atoms with Crippen LogP contribution in [0.2, 0.25) is 0 Å². The highest BCUT2D eigenvalue weighted by Crippen LogP contribution is 2.44. The van der Waals surface area contributed by atoms with Crippen LogP contribution in [0.4, 0.5) is 5.69 Å². The number of benzene rings is 4. The van der Waals surface area contributed by atoms with Crippen LogP contribution in [0.25, 0.3) is 16.5 Å². The maximum atomic E-state index is 13.4. The fourth-order valence-corrected chi connectivity index (χ4v) is 4.78. The topological polar surface area (TPSA) is 66.8 Å². The Morgan fingerprint density at radius 3 is 2.37 bits per heavy atom. The molecule has 5 rings (SSSR count). The number of Topliss-reactive ketones (excluding diaryl/α,β-unsaturated/α-hetero) is 1. The van der Waals surface area contributed by atoms with Gasteiger partial charge in [0, 0.05) is 11.3 Å². The fraction of sp³-hybridized carbons (Fsp3) is 0.133. The van der Waals surface area contributed by atoms with Crippen LogP contribution in [0.15, 0.2) is 90.5 Å². The summed E-state index contributed by atoms with van der Waals surface area (Å²) in [4.78, 5) is 28.4. The molecule has 0 bridgehead atoms. The minimum absolute atomic E-state index is 0.0542. The second kappa shape index (κ2) is 8.76. The fourth-order valence-electron chi connectivity index (χ4n) is 4.78. The summed E-state index contributed by atoms with van der Waals surface area (Å²) in [6, 6.07) is 25.4. The largest absolute Gasteiger partial charge is 0.507 e. The van der Waals surface area contributed by atoms with Crippen LogP contribution in [0.3, 0.4) is 0 Å². The molecule has 0 spiro atoms. The first-order valence-corrected chi connectivity index (χ1v) is 11.4. The number of carbonyl (C=O) groups is 2. The van der Waals surface area contributed by atoms with Crippen molar-refractivity contribution in [3.8, 4) is 5.75 Å². The van der Waals surface area contributed by atoms with E-state index in [1.165, 1.54) is 4.90 Å². The van der Waals surface area contributed by atoms with E-state index in [0.29, 0.717) is 22.6 Å². The van der Waals surface area contributed by atoms with E-state index < -0.39 is 17.7 Å². The van der Waals surface area contributed by atoms with E-state index in [2.05, 4.69) is 0 Å². The summed E-state index contributed by atoms with van der Waals surface area (Å²) in [5, 5.41) is 13.4. The molecule has 1 aliphatic rings. The Balaban J connectivity index is 1.75. The molecule has 4 aromatic carbocycles. The van der Waals surface area contributed by atoms with E-state index in [1.807, 2.05) is 80.6 Å². The first kappa shape index (κ1) is 22.4. The molecule has 1 fully saturated rings. The molecule has 4 aromatic rings. The van der Waals surface area contributed by atoms with E-state index in [0.717, 1.165) is 21.9 Å². The average Bonchev–Trinajstić information content (AvgIpc) is 3.13. The van der Waals surface area contributed by atoms with Crippen molar-refractivity contribution in [2.45, 2.75) is 19.9 Å². The minimum Gasteiger partial charge on any atom is -0.507 e. The van der Waals surface area contributed by atoms with Gasteiger partial charge in [-0.05, 0) is 60.0 Å². The van der Waals surface area contributed by atoms with E-state index in [9.17, 15) is 14.7 Å². The molecule has 0 aromatic heterocycles. The van der Waals surface area contributed by atoms with Gasteiger partial charge in [0.05, 0.1) is 18.7 Å². The number of ketones is 1. The Morgan fingerprint density at radius 1 is 0.857 bits per heavy atom. The number of ether oxygens (including phenoxy) is 1. The number of hydrogen-bond acceptors (Lipinski definition) is 4. The molecule has 0 radical (unpaired) electrons. The van der Waals surface area contributed by atoms with Gasteiger partial charge in [0.15, 0.2) is 0 Å². The Labute approximate surface area is 203 Å². The summed E-state index contributed by atoms with van der Waals surface area (Å²) in [6.07, 6.45) is 0. The summed E-state index contributed by atoms with van der Waals surface area (Å²) >= 11 is 0. The van der Waals surface area contributed by atoms with Crippen molar-refractivity contribution in [3.63, 3.8) is 0 Å². The summed E-state index contributed by atoms with van der Waals surface area (Å²) in [6.45, 7) is 3.89. The molecule has 174 valence electrons. The van der Waals surface area contributed by atoms with Gasteiger partial charge in [0.1, 0.15) is 11.5 Å². The van der Waals surface area contributed by atoms with Crippen molar-refractivity contribution in [1.82, 2.24) is 0 Å². The van der Waals surface area contributed by atoms with E-state index in [4.69, 9.17) is 4.74 Å². The maximum Gasteiger partial charge on any atom is 0.300 e. The highest BCUT2D eigenvalue weighted by Gasteiger charge is 2.47. The highest BCUT2D eigenvalue weighted by molar-refractivity contribution is 6.51. The van der Waals surface area contributed by atoms with Gasteiger partial charge < -0.3 is 9.84 Å². The Morgan fingerprint density at radius 2 is 1.63 bits per heavy atom. The van der Waals surface area contributed by atoms with Crippen molar-refractivity contribution in [3.05, 3.63) is 113 Å². The monoisotopic (exact) mass is 463 g/mol. The van der Waals surface area contributed by atoms with Gasteiger partial charge in [-0.15, -0.1) is 0 Å². The number of methoxy groups -OCH3 is 1. The summed E-state index contributed by atoms with van der Waals surface area (Å²) in [7, 11) is 1.56. The average molecular weight is 464 g/mol. The minimum atomic E-state index is -0.807. The van der Waals surface area contributed by atoms with Gasteiger partial charge >= 0.3 is 0 Å². The first-order chi connectivity index (χ1) is 16.9. The molecular formula is C30H25NO4. The number of fused-ring (bicyclic) bond motifs is 1. The number of hydrogen-bond donors (Lipinski definition) is 1. The summed E-state index contributed by atoms with van der Waals surface area (Å²) in [5.74, 6) is -0.996. The lowest BCUT2D eigenvalue weighted by atomic mass is 9.94. The van der Waals surface area contributed by atoms with Crippen molar-refractivity contribution in [2.75, 3.05) is 12.0 Å². The number of aliphatic hydroxyl groups excluding tert-OH is 1. The van der Waals surface area contributed by atoms with Gasteiger partial charge in [-0.25, -0.2) is 0 Å². The molecule has 1 N–H and O–H groups in total. The van der Waals surface area contributed by atoms with Crippen LogP contribution in [0.5, 0.6) is 5.75 Å². The Bertz CT molecular complexity index is 1520. The van der Waals surface area contributed by atoms with Crippen molar-refractivity contribution in [1.29, 1.82) is 0 Å². The third-order valence-corrected chi connectivity index (χ3v) is 6.49. The number of anilines is 1. The quantitative estimate of drug-likeness (QED) is 0.226. The Hall–Kier alpha value is -4.38. The van der Waals surface area contributed by atoms with Crippen LogP contribution < -0.4 is 9.64 Å². The smallest absolute Gasteiger partial charge is 0.300 e. The predicted molar refractivity (Wildman–Crippen MR) is 138 cm³/mol. The summed E-state index contributed by atoms with van der Waals surface area (Å²) in [5.41, 5.74) is 3.75. The molecule has 5 nitrogen and oxygen atoms in total. The molecule has 1 heterocycles. The van der Waals surface area contributed by atoms with Crippen molar-refractivity contribution in [2.24, 2.45) is 0 Å². The van der Waals surface area contributed by atoms with E-state index >= 15 is 0 Å². The zero-order valence-corrected chi connectivity index (χ0v) is 19.8. The lowest BCUT2D eigenvalue weighted by Gasteiger charge is -2.27. The standard InChI is InChI=1S/C30H25NO4/c1-18-11-14-25(19(2)15-18)31-27(22-9-6-10-24(17-22)35-3)26(29(33)30(31)34)28(32)23-13-12-20-7-4-5-8-21(20)16-23/h4-17,27,32H,1-3H3/b28-26-. The lowest BCUT2D eigenvalue weighted by molar-refractivity contribution is -0.132. The predicted octanol–water partition coefficient (Wildman–Crippen LogP) is 6.09. The van der Waals surface area contributed by atoms with E-state index in [1.54, 1.807) is 25.3 Å². The molecule has 5 heteroatoms. The second-order valence-corrected chi connectivity index (χ2v) is 8.80. The first-order valence-electron chi connectivity index (χ1n) is 11.4. The highest BCUT2D eigenvalue weighted by atomic mass is 16.5. The number of aliphatic hydroxyl groups is 1. The number of rotatable bonds is 4. The molecule has 1 unspecified atom stereocenters. The van der Waals surface area contributed by atoms with Crippen LogP contribution in [0.1, 0.15) is 28.3 Å². The molecule has 0 aliphatic carbocycles. The third kappa shape index (κ3) is 3.85.